The molecule has 0 aromatic carbocycles. The maximum atomic E-state index is 11.4. The van der Waals surface area contributed by atoms with E-state index in [9.17, 15) is 9.59 Å². The maximum Gasteiger partial charge on any atom is 0.303 e. The van der Waals surface area contributed by atoms with Gasteiger partial charge < -0.3 is 4.74 Å². The quantitative estimate of drug-likeness (QED) is 0.504. The molecule has 2 atom stereocenters. The number of hydrogen-bond donors (Lipinski definition) is 0. The Morgan fingerprint density at radius 2 is 2.43 bits per heavy atom. The number of ether oxygens (including phenoxy) is 1. The molecule has 0 aromatic rings. The normalized spacial score (nSPS) is 25.1. The molecule has 0 amide bonds. The van der Waals surface area contributed by atoms with Gasteiger partial charge in [0.25, 0.3) is 0 Å². The highest BCUT2D eigenvalue weighted by atomic mass is 16.5. The van der Waals surface area contributed by atoms with E-state index in [1.807, 2.05) is 0 Å². The fourth-order valence-electron chi connectivity index (χ4n) is 1.53. The van der Waals surface area contributed by atoms with Gasteiger partial charge in [-0.2, -0.15) is 0 Å². The molecule has 1 aliphatic rings. The number of rotatable bonds is 4. The smallest absolute Gasteiger partial charge is 0.303 e. The second-order valence-corrected chi connectivity index (χ2v) is 3.31. The summed E-state index contributed by atoms with van der Waals surface area (Å²) in [6.45, 7) is 4.94. The largest absolute Gasteiger partial charge is 0.458 e. The van der Waals surface area contributed by atoms with Crippen molar-refractivity contribution in [3.05, 3.63) is 24.8 Å². The molecule has 1 aliphatic carbocycles. The Kier molecular flexibility index (Phi) is 3.63. The first-order valence-electron chi connectivity index (χ1n) is 4.65. The summed E-state index contributed by atoms with van der Waals surface area (Å²) in [5, 5.41) is 0. The van der Waals surface area contributed by atoms with Gasteiger partial charge in [-0.1, -0.05) is 6.08 Å². The summed E-state index contributed by atoms with van der Waals surface area (Å²) in [6.07, 6.45) is 5.97. The molecular formula is C11H14O3. The van der Waals surface area contributed by atoms with E-state index in [1.165, 1.54) is 13.0 Å². The fourth-order valence-corrected chi connectivity index (χ4v) is 1.53. The van der Waals surface area contributed by atoms with Crippen LogP contribution in [0, 0.1) is 5.92 Å². The number of carbonyl (C=O) groups is 2. The molecule has 0 fully saturated rings. The van der Waals surface area contributed by atoms with E-state index in [0.717, 1.165) is 6.42 Å². The first-order valence-corrected chi connectivity index (χ1v) is 4.65. The Morgan fingerprint density at radius 1 is 1.71 bits per heavy atom. The standard InChI is InChI=1S/C11H14O3/c1-3-4-5-9-10(13)6-7-11(9)14-8(2)12/h3,6-7,9,11H,1,4-5H2,2H3. The summed E-state index contributed by atoms with van der Waals surface area (Å²) in [7, 11) is 0. The van der Waals surface area contributed by atoms with Crippen molar-refractivity contribution in [3.63, 3.8) is 0 Å². The van der Waals surface area contributed by atoms with Crippen LogP contribution in [0.25, 0.3) is 0 Å². The van der Waals surface area contributed by atoms with Crippen LogP contribution in [-0.2, 0) is 14.3 Å². The SMILES string of the molecule is C=CCCC1C(=O)C=CC1OC(C)=O. The molecule has 1 rings (SSSR count). The van der Waals surface area contributed by atoms with Gasteiger partial charge in [0.2, 0.25) is 0 Å². The Morgan fingerprint density at radius 3 is 3.00 bits per heavy atom. The van der Waals surface area contributed by atoms with Gasteiger partial charge in [0.1, 0.15) is 6.10 Å². The predicted molar refractivity (Wildman–Crippen MR) is 52.6 cm³/mol. The maximum absolute atomic E-state index is 11.4. The van der Waals surface area contributed by atoms with Crippen molar-refractivity contribution in [2.24, 2.45) is 5.92 Å². The minimum absolute atomic E-state index is 0.0399. The van der Waals surface area contributed by atoms with Gasteiger partial charge in [-0.05, 0) is 25.0 Å². The van der Waals surface area contributed by atoms with Crippen molar-refractivity contribution in [3.8, 4) is 0 Å². The van der Waals surface area contributed by atoms with Crippen LogP contribution in [0.5, 0.6) is 0 Å². The monoisotopic (exact) mass is 194 g/mol. The summed E-state index contributed by atoms with van der Waals surface area (Å²) in [4.78, 5) is 22.1. The zero-order chi connectivity index (χ0) is 10.6. The molecule has 0 spiro atoms. The zero-order valence-electron chi connectivity index (χ0n) is 8.23. The van der Waals surface area contributed by atoms with Gasteiger partial charge in [0, 0.05) is 6.92 Å². The van der Waals surface area contributed by atoms with Crippen LogP contribution in [0.1, 0.15) is 19.8 Å². The second-order valence-electron chi connectivity index (χ2n) is 3.31. The third-order valence-corrected chi connectivity index (χ3v) is 2.20. The van der Waals surface area contributed by atoms with Crippen molar-refractivity contribution in [1.82, 2.24) is 0 Å². The van der Waals surface area contributed by atoms with Crippen molar-refractivity contribution in [2.75, 3.05) is 0 Å². The highest BCUT2D eigenvalue weighted by molar-refractivity contribution is 5.95. The Hall–Kier alpha value is -1.38. The molecule has 3 heteroatoms. The van der Waals surface area contributed by atoms with Gasteiger partial charge in [0.15, 0.2) is 5.78 Å². The molecule has 0 radical (unpaired) electrons. The summed E-state index contributed by atoms with van der Waals surface area (Å²) in [5.41, 5.74) is 0. The lowest BCUT2D eigenvalue weighted by Gasteiger charge is -2.16. The van der Waals surface area contributed by atoms with E-state index >= 15 is 0 Å². The van der Waals surface area contributed by atoms with E-state index in [0.29, 0.717) is 6.42 Å². The number of ketones is 1. The van der Waals surface area contributed by atoms with Crippen molar-refractivity contribution in [2.45, 2.75) is 25.9 Å². The third-order valence-electron chi connectivity index (χ3n) is 2.20. The van der Waals surface area contributed by atoms with Crippen LogP contribution in [0.3, 0.4) is 0 Å². The molecule has 0 bridgehead atoms. The summed E-state index contributed by atoms with van der Waals surface area (Å²) >= 11 is 0. The van der Waals surface area contributed by atoms with Crippen molar-refractivity contribution < 1.29 is 14.3 Å². The molecule has 0 saturated heterocycles. The van der Waals surface area contributed by atoms with Crippen molar-refractivity contribution >= 4 is 11.8 Å². The Labute approximate surface area is 83.4 Å². The number of carbonyl (C=O) groups excluding carboxylic acids is 2. The molecule has 76 valence electrons. The Bertz CT molecular complexity index is 278. The third kappa shape index (κ3) is 2.55. The average Bonchev–Trinajstić information content (AvgIpc) is 2.44. The molecule has 0 N–H and O–H groups in total. The molecule has 3 nitrogen and oxygen atoms in total. The van der Waals surface area contributed by atoms with Gasteiger partial charge in [-0.15, -0.1) is 6.58 Å². The van der Waals surface area contributed by atoms with Crippen molar-refractivity contribution in [1.29, 1.82) is 0 Å². The highest BCUT2D eigenvalue weighted by Crippen LogP contribution is 2.23. The van der Waals surface area contributed by atoms with Crippen LogP contribution in [0.15, 0.2) is 24.8 Å². The molecule has 14 heavy (non-hydrogen) atoms. The van der Waals surface area contributed by atoms with E-state index in [2.05, 4.69) is 6.58 Å². The van der Waals surface area contributed by atoms with E-state index in [1.54, 1.807) is 12.2 Å². The number of hydrogen-bond acceptors (Lipinski definition) is 3. The number of esters is 1. The molecule has 2 unspecified atom stereocenters. The van der Waals surface area contributed by atoms with E-state index < -0.39 is 0 Å². The molecule has 0 heterocycles. The average molecular weight is 194 g/mol. The molecule has 0 aromatic heterocycles. The first kappa shape index (κ1) is 10.7. The van der Waals surface area contributed by atoms with Crippen LogP contribution in [-0.4, -0.2) is 17.9 Å². The van der Waals surface area contributed by atoms with Crippen LogP contribution < -0.4 is 0 Å². The number of allylic oxidation sites excluding steroid dienone is 2. The minimum atomic E-state index is -0.375. The van der Waals surface area contributed by atoms with Crippen LogP contribution in [0.2, 0.25) is 0 Å². The predicted octanol–water partition coefficient (Wildman–Crippen LogP) is 1.64. The highest BCUT2D eigenvalue weighted by Gasteiger charge is 2.31. The lowest BCUT2D eigenvalue weighted by atomic mass is 9.97. The summed E-state index contributed by atoms with van der Waals surface area (Å²) in [5.74, 6) is -0.520. The van der Waals surface area contributed by atoms with Crippen LogP contribution in [0.4, 0.5) is 0 Å². The summed E-state index contributed by atoms with van der Waals surface area (Å²) in [6, 6.07) is 0. The Balaban J connectivity index is 2.56. The molecular weight excluding hydrogens is 180 g/mol. The minimum Gasteiger partial charge on any atom is -0.458 e. The van der Waals surface area contributed by atoms with E-state index in [4.69, 9.17) is 4.74 Å². The van der Waals surface area contributed by atoms with E-state index in [-0.39, 0.29) is 23.8 Å². The van der Waals surface area contributed by atoms with Gasteiger partial charge in [0.05, 0.1) is 5.92 Å². The lowest BCUT2D eigenvalue weighted by molar-refractivity contribution is -0.146. The molecule has 0 aliphatic heterocycles. The topological polar surface area (TPSA) is 43.4 Å². The molecule has 0 saturated carbocycles. The zero-order valence-corrected chi connectivity index (χ0v) is 8.23. The van der Waals surface area contributed by atoms with Gasteiger partial charge in [-0.3, -0.25) is 9.59 Å². The lowest BCUT2D eigenvalue weighted by Crippen LogP contribution is -2.24. The van der Waals surface area contributed by atoms with Gasteiger partial charge in [-0.25, -0.2) is 0 Å². The second kappa shape index (κ2) is 4.74. The first-order chi connectivity index (χ1) is 6.65. The van der Waals surface area contributed by atoms with Crippen LogP contribution >= 0.6 is 0 Å². The van der Waals surface area contributed by atoms with Gasteiger partial charge >= 0.3 is 5.97 Å². The summed E-state index contributed by atoms with van der Waals surface area (Å²) < 4.78 is 5.01. The fraction of sp³-hybridized carbons (Fsp3) is 0.455.